The molecule has 0 aromatic heterocycles. The monoisotopic (exact) mass is 162 g/mol. The van der Waals surface area contributed by atoms with Crippen LogP contribution in [-0.2, 0) is 4.79 Å². The van der Waals surface area contributed by atoms with E-state index in [1.807, 2.05) is 0 Å². The Morgan fingerprint density at radius 1 is 1.55 bits per heavy atom. The first-order chi connectivity index (χ1) is 5.11. The number of hydrogen-bond donors (Lipinski definition) is 4. The molecule has 0 saturated heterocycles. The van der Waals surface area contributed by atoms with Gasteiger partial charge in [-0.1, -0.05) is 0 Å². The Morgan fingerprint density at radius 2 is 2.00 bits per heavy atom. The second-order valence-corrected chi connectivity index (χ2v) is 2.36. The summed E-state index contributed by atoms with van der Waals surface area (Å²) in [6.45, 7) is 0.963. The minimum absolute atomic E-state index is 0.283. The van der Waals surface area contributed by atoms with Crippen molar-refractivity contribution in [1.29, 1.82) is 0 Å². The molecule has 0 radical (unpaired) electrons. The second-order valence-electron chi connectivity index (χ2n) is 2.36. The SMILES string of the molecule is C[C@H](N)C(=O)NC(CO)CO. The van der Waals surface area contributed by atoms with Gasteiger partial charge in [0.25, 0.3) is 0 Å². The zero-order valence-electron chi connectivity index (χ0n) is 6.45. The molecule has 0 saturated carbocycles. The number of aliphatic hydroxyl groups excluding tert-OH is 2. The minimum Gasteiger partial charge on any atom is -0.394 e. The molecule has 5 N–H and O–H groups in total. The summed E-state index contributed by atoms with van der Waals surface area (Å²) in [5, 5.41) is 19.4. The van der Waals surface area contributed by atoms with E-state index in [-0.39, 0.29) is 19.1 Å². The van der Waals surface area contributed by atoms with Gasteiger partial charge < -0.3 is 21.3 Å². The first-order valence-electron chi connectivity index (χ1n) is 3.39. The molecular weight excluding hydrogens is 148 g/mol. The average Bonchev–Trinajstić information content (AvgIpc) is 1.99. The third-order valence-corrected chi connectivity index (χ3v) is 1.20. The van der Waals surface area contributed by atoms with Crippen molar-refractivity contribution in [2.75, 3.05) is 13.2 Å². The first-order valence-corrected chi connectivity index (χ1v) is 3.39. The lowest BCUT2D eigenvalue weighted by molar-refractivity contribution is -0.123. The number of hydrogen-bond acceptors (Lipinski definition) is 4. The highest BCUT2D eigenvalue weighted by atomic mass is 16.3. The van der Waals surface area contributed by atoms with Crippen LogP contribution in [0.4, 0.5) is 0 Å². The van der Waals surface area contributed by atoms with Gasteiger partial charge in [-0.3, -0.25) is 4.79 Å². The highest BCUT2D eigenvalue weighted by Crippen LogP contribution is 1.82. The molecule has 0 spiro atoms. The van der Waals surface area contributed by atoms with E-state index in [0.717, 1.165) is 0 Å². The molecule has 11 heavy (non-hydrogen) atoms. The van der Waals surface area contributed by atoms with Crippen LogP contribution in [0.25, 0.3) is 0 Å². The van der Waals surface area contributed by atoms with Crippen molar-refractivity contribution in [1.82, 2.24) is 5.32 Å². The predicted molar refractivity (Wildman–Crippen MR) is 39.8 cm³/mol. The van der Waals surface area contributed by atoms with Gasteiger partial charge in [-0.15, -0.1) is 0 Å². The maximum absolute atomic E-state index is 10.8. The summed E-state index contributed by atoms with van der Waals surface area (Å²) >= 11 is 0. The van der Waals surface area contributed by atoms with Crippen LogP contribution >= 0.6 is 0 Å². The quantitative estimate of drug-likeness (QED) is 0.377. The summed E-state index contributed by atoms with van der Waals surface area (Å²) in [5.74, 6) is -0.377. The van der Waals surface area contributed by atoms with Crippen LogP contribution in [0.1, 0.15) is 6.92 Å². The summed E-state index contributed by atoms with van der Waals surface area (Å²) < 4.78 is 0. The zero-order chi connectivity index (χ0) is 8.85. The Labute approximate surface area is 65.2 Å². The van der Waals surface area contributed by atoms with Crippen LogP contribution in [0, 0.1) is 0 Å². The van der Waals surface area contributed by atoms with Crippen molar-refractivity contribution < 1.29 is 15.0 Å². The molecule has 0 bridgehead atoms. The van der Waals surface area contributed by atoms with E-state index in [4.69, 9.17) is 15.9 Å². The number of carbonyl (C=O) groups is 1. The number of nitrogens with one attached hydrogen (secondary N) is 1. The standard InChI is InChI=1S/C6H14N2O3/c1-4(7)6(11)8-5(2-9)3-10/h4-5,9-10H,2-3,7H2,1H3,(H,8,11)/t4-/m0/s1. The lowest BCUT2D eigenvalue weighted by atomic mass is 10.3. The van der Waals surface area contributed by atoms with Crippen LogP contribution in [0.2, 0.25) is 0 Å². The Bertz CT molecular complexity index is 123. The van der Waals surface area contributed by atoms with Gasteiger partial charge in [0.2, 0.25) is 5.91 Å². The fourth-order valence-corrected chi connectivity index (χ4v) is 0.482. The maximum atomic E-state index is 10.8. The van der Waals surface area contributed by atoms with Crippen molar-refractivity contribution in [2.24, 2.45) is 5.73 Å². The third-order valence-electron chi connectivity index (χ3n) is 1.20. The molecule has 0 unspecified atom stereocenters. The van der Waals surface area contributed by atoms with Gasteiger partial charge >= 0.3 is 0 Å². The van der Waals surface area contributed by atoms with Crippen LogP contribution in [0.5, 0.6) is 0 Å². The van der Waals surface area contributed by atoms with E-state index in [9.17, 15) is 4.79 Å². The third kappa shape index (κ3) is 3.92. The van der Waals surface area contributed by atoms with E-state index in [2.05, 4.69) is 5.32 Å². The van der Waals surface area contributed by atoms with Crippen molar-refractivity contribution in [3.8, 4) is 0 Å². The molecule has 0 aliphatic carbocycles. The lowest BCUT2D eigenvalue weighted by Crippen LogP contribution is -2.46. The van der Waals surface area contributed by atoms with Gasteiger partial charge in [0.05, 0.1) is 25.3 Å². The van der Waals surface area contributed by atoms with Crippen molar-refractivity contribution in [3.05, 3.63) is 0 Å². The second kappa shape index (κ2) is 5.06. The van der Waals surface area contributed by atoms with Gasteiger partial charge in [0.1, 0.15) is 0 Å². The fraction of sp³-hybridized carbons (Fsp3) is 0.833. The largest absolute Gasteiger partial charge is 0.394 e. The van der Waals surface area contributed by atoms with Gasteiger partial charge in [0.15, 0.2) is 0 Å². The molecular formula is C6H14N2O3. The van der Waals surface area contributed by atoms with Crippen molar-refractivity contribution in [2.45, 2.75) is 19.0 Å². The Kier molecular flexibility index (Phi) is 4.76. The number of carbonyl (C=O) groups excluding carboxylic acids is 1. The van der Waals surface area contributed by atoms with Crippen molar-refractivity contribution in [3.63, 3.8) is 0 Å². The summed E-state index contributed by atoms with van der Waals surface area (Å²) in [6, 6.07) is -1.22. The lowest BCUT2D eigenvalue weighted by Gasteiger charge is -2.14. The van der Waals surface area contributed by atoms with Gasteiger partial charge in [-0.2, -0.15) is 0 Å². The molecule has 0 aromatic rings. The maximum Gasteiger partial charge on any atom is 0.237 e. The molecule has 5 nitrogen and oxygen atoms in total. The van der Waals surface area contributed by atoms with Crippen molar-refractivity contribution >= 4 is 5.91 Å². The summed E-state index contributed by atoms with van der Waals surface area (Å²) in [7, 11) is 0. The molecule has 1 atom stereocenters. The van der Waals surface area contributed by atoms with Gasteiger partial charge in [-0.25, -0.2) is 0 Å². The number of rotatable bonds is 4. The molecule has 0 aliphatic heterocycles. The predicted octanol–water partition coefficient (Wildman–Crippen LogP) is -2.20. The molecule has 0 aliphatic rings. The Hall–Kier alpha value is -0.650. The van der Waals surface area contributed by atoms with Crippen LogP contribution in [0.15, 0.2) is 0 Å². The molecule has 0 rings (SSSR count). The van der Waals surface area contributed by atoms with Gasteiger partial charge in [0, 0.05) is 0 Å². The number of nitrogens with two attached hydrogens (primary N) is 1. The van der Waals surface area contributed by atoms with Crippen LogP contribution in [0.3, 0.4) is 0 Å². The zero-order valence-corrected chi connectivity index (χ0v) is 6.45. The highest BCUT2D eigenvalue weighted by molar-refractivity contribution is 5.81. The summed E-state index contributed by atoms with van der Waals surface area (Å²) in [4.78, 5) is 10.8. The van der Waals surface area contributed by atoms with Gasteiger partial charge in [-0.05, 0) is 6.92 Å². The average molecular weight is 162 g/mol. The van der Waals surface area contributed by atoms with Crippen LogP contribution in [-0.4, -0.2) is 41.4 Å². The highest BCUT2D eigenvalue weighted by Gasteiger charge is 2.12. The van der Waals surface area contributed by atoms with Crippen LogP contribution < -0.4 is 11.1 Å². The molecule has 0 fully saturated rings. The molecule has 66 valence electrons. The number of aliphatic hydroxyl groups is 2. The first kappa shape index (κ1) is 10.3. The molecule has 5 heteroatoms. The van der Waals surface area contributed by atoms with E-state index in [0.29, 0.717) is 0 Å². The smallest absolute Gasteiger partial charge is 0.237 e. The normalized spacial score (nSPS) is 13.2. The molecule has 0 aromatic carbocycles. The van der Waals surface area contributed by atoms with E-state index >= 15 is 0 Å². The summed E-state index contributed by atoms with van der Waals surface area (Å²) in [6.07, 6.45) is 0. The molecule has 1 amide bonds. The van der Waals surface area contributed by atoms with E-state index in [1.165, 1.54) is 6.92 Å². The Morgan fingerprint density at radius 3 is 2.27 bits per heavy atom. The number of amides is 1. The summed E-state index contributed by atoms with van der Waals surface area (Å²) in [5.41, 5.74) is 5.22. The topological polar surface area (TPSA) is 95.6 Å². The van der Waals surface area contributed by atoms with E-state index < -0.39 is 12.1 Å². The van der Waals surface area contributed by atoms with E-state index in [1.54, 1.807) is 0 Å². The fourth-order valence-electron chi connectivity index (χ4n) is 0.482. The minimum atomic E-state index is -0.615. The molecule has 0 heterocycles. The Balaban J connectivity index is 3.72.